The zero-order chi connectivity index (χ0) is 22.1. The highest BCUT2D eigenvalue weighted by atomic mass is 32.2. The SMILES string of the molecule is COc1cccc(C(=O)N2CCSC23CCN(C(=O)c2ccc4ccccc4c2)CC3)c1. The molecule has 32 heavy (non-hydrogen) atoms. The number of benzene rings is 3. The monoisotopic (exact) mass is 446 g/mol. The van der Waals surface area contributed by atoms with Crippen molar-refractivity contribution in [2.45, 2.75) is 17.7 Å². The number of hydrogen-bond donors (Lipinski definition) is 0. The molecular formula is C26H26N2O3S. The molecule has 2 heterocycles. The molecule has 2 aliphatic heterocycles. The van der Waals surface area contributed by atoms with Crippen molar-refractivity contribution in [1.82, 2.24) is 9.80 Å². The summed E-state index contributed by atoms with van der Waals surface area (Å²) in [4.78, 5) is 30.2. The number of fused-ring (bicyclic) bond motifs is 1. The van der Waals surface area contributed by atoms with Crippen molar-refractivity contribution >= 4 is 34.3 Å². The number of methoxy groups -OCH3 is 1. The Hall–Kier alpha value is -2.99. The molecule has 0 unspecified atom stereocenters. The number of rotatable bonds is 3. The van der Waals surface area contributed by atoms with Crippen LogP contribution in [0.5, 0.6) is 5.75 Å². The van der Waals surface area contributed by atoms with Crippen molar-refractivity contribution in [2.24, 2.45) is 0 Å². The lowest BCUT2D eigenvalue weighted by Gasteiger charge is -2.44. The van der Waals surface area contributed by atoms with Gasteiger partial charge in [-0.3, -0.25) is 9.59 Å². The summed E-state index contributed by atoms with van der Waals surface area (Å²) in [6.07, 6.45) is 1.57. The highest BCUT2D eigenvalue weighted by molar-refractivity contribution is 8.00. The molecule has 6 heteroatoms. The van der Waals surface area contributed by atoms with E-state index >= 15 is 0 Å². The third-order valence-electron chi connectivity index (χ3n) is 6.57. The first-order valence-corrected chi connectivity index (χ1v) is 12.0. The fourth-order valence-electron chi connectivity index (χ4n) is 4.79. The zero-order valence-corrected chi connectivity index (χ0v) is 18.9. The van der Waals surface area contributed by atoms with Gasteiger partial charge in [-0.25, -0.2) is 0 Å². The maximum atomic E-state index is 13.3. The molecule has 3 aromatic rings. The highest BCUT2D eigenvalue weighted by Crippen LogP contribution is 2.44. The predicted molar refractivity (Wildman–Crippen MR) is 128 cm³/mol. The third kappa shape index (κ3) is 3.73. The standard InChI is InChI=1S/C26H26N2O3S/c1-31-23-8-4-7-21(18-23)25(30)28-15-16-32-26(28)11-13-27(14-12-26)24(29)22-10-9-19-5-2-3-6-20(19)17-22/h2-10,17-18H,11-16H2,1H3. The molecule has 0 aliphatic carbocycles. The summed E-state index contributed by atoms with van der Waals surface area (Å²) in [6, 6.07) is 21.3. The molecule has 0 bridgehead atoms. The van der Waals surface area contributed by atoms with Crippen LogP contribution in [0, 0.1) is 0 Å². The Balaban J connectivity index is 1.31. The normalized spacial score (nSPS) is 17.7. The zero-order valence-electron chi connectivity index (χ0n) is 18.1. The fraction of sp³-hybridized carbons (Fsp3) is 0.308. The Morgan fingerprint density at radius 2 is 1.59 bits per heavy atom. The van der Waals surface area contributed by atoms with E-state index in [9.17, 15) is 9.59 Å². The highest BCUT2D eigenvalue weighted by Gasteiger charge is 2.47. The van der Waals surface area contributed by atoms with Crippen LogP contribution in [0.1, 0.15) is 33.6 Å². The lowest BCUT2D eigenvalue weighted by atomic mass is 9.99. The Labute approximate surface area is 192 Å². The van der Waals surface area contributed by atoms with Crippen molar-refractivity contribution in [3.8, 4) is 5.75 Å². The molecule has 3 aromatic carbocycles. The van der Waals surface area contributed by atoms with Gasteiger partial charge in [0.1, 0.15) is 5.75 Å². The summed E-state index contributed by atoms with van der Waals surface area (Å²) >= 11 is 1.85. The van der Waals surface area contributed by atoms with Crippen LogP contribution in [0.25, 0.3) is 10.8 Å². The van der Waals surface area contributed by atoms with Crippen LogP contribution >= 0.6 is 11.8 Å². The summed E-state index contributed by atoms with van der Waals surface area (Å²) in [5, 5.41) is 2.21. The summed E-state index contributed by atoms with van der Waals surface area (Å²) in [5.74, 6) is 1.73. The minimum atomic E-state index is -0.236. The molecule has 2 aliphatic rings. The van der Waals surface area contributed by atoms with Gasteiger partial charge in [0.2, 0.25) is 0 Å². The smallest absolute Gasteiger partial charge is 0.255 e. The average molecular weight is 447 g/mol. The van der Waals surface area contributed by atoms with Gasteiger partial charge in [-0.05, 0) is 53.9 Å². The van der Waals surface area contributed by atoms with Gasteiger partial charge in [-0.15, -0.1) is 11.8 Å². The lowest BCUT2D eigenvalue weighted by Crippen LogP contribution is -2.53. The van der Waals surface area contributed by atoms with Gasteiger partial charge in [-0.2, -0.15) is 0 Å². The minimum Gasteiger partial charge on any atom is -0.497 e. The van der Waals surface area contributed by atoms with Crippen LogP contribution in [0.4, 0.5) is 0 Å². The molecule has 5 nitrogen and oxygen atoms in total. The first-order valence-electron chi connectivity index (χ1n) is 11.0. The van der Waals surface area contributed by atoms with Gasteiger partial charge < -0.3 is 14.5 Å². The molecule has 0 saturated carbocycles. The molecule has 2 fully saturated rings. The number of thioether (sulfide) groups is 1. The number of carbonyl (C=O) groups is 2. The predicted octanol–water partition coefficient (Wildman–Crippen LogP) is 4.67. The van der Waals surface area contributed by atoms with E-state index in [1.165, 1.54) is 0 Å². The van der Waals surface area contributed by atoms with E-state index in [1.54, 1.807) is 13.2 Å². The second kappa shape index (κ2) is 8.51. The largest absolute Gasteiger partial charge is 0.497 e. The first-order chi connectivity index (χ1) is 15.6. The maximum Gasteiger partial charge on any atom is 0.255 e. The van der Waals surface area contributed by atoms with E-state index in [1.807, 2.05) is 76.2 Å². The Morgan fingerprint density at radius 1 is 0.844 bits per heavy atom. The van der Waals surface area contributed by atoms with Crippen molar-refractivity contribution in [1.29, 1.82) is 0 Å². The van der Waals surface area contributed by atoms with Crippen molar-refractivity contribution in [3.63, 3.8) is 0 Å². The lowest BCUT2D eigenvalue weighted by molar-refractivity contribution is 0.0497. The van der Waals surface area contributed by atoms with Gasteiger partial charge in [0.05, 0.1) is 12.0 Å². The summed E-state index contributed by atoms with van der Waals surface area (Å²) in [5.41, 5.74) is 1.38. The molecule has 0 radical (unpaired) electrons. The molecule has 2 saturated heterocycles. The molecule has 1 spiro atoms. The number of piperidine rings is 1. The number of amides is 2. The van der Waals surface area contributed by atoms with Crippen molar-refractivity contribution < 1.29 is 14.3 Å². The Morgan fingerprint density at radius 3 is 2.38 bits per heavy atom. The third-order valence-corrected chi connectivity index (χ3v) is 8.12. The van der Waals surface area contributed by atoms with E-state index in [2.05, 4.69) is 6.07 Å². The summed E-state index contributed by atoms with van der Waals surface area (Å²) < 4.78 is 5.29. The van der Waals surface area contributed by atoms with Crippen LogP contribution in [0.15, 0.2) is 66.7 Å². The van der Waals surface area contributed by atoms with E-state index in [0.717, 1.165) is 41.5 Å². The van der Waals surface area contributed by atoms with Gasteiger partial charge in [0, 0.05) is 36.5 Å². The van der Waals surface area contributed by atoms with E-state index in [4.69, 9.17) is 4.74 Å². The molecule has 0 atom stereocenters. The maximum absolute atomic E-state index is 13.3. The van der Waals surface area contributed by atoms with Crippen LogP contribution in [-0.2, 0) is 0 Å². The summed E-state index contributed by atoms with van der Waals surface area (Å²) in [6.45, 7) is 2.04. The summed E-state index contributed by atoms with van der Waals surface area (Å²) in [7, 11) is 1.61. The second-order valence-electron chi connectivity index (χ2n) is 8.34. The van der Waals surface area contributed by atoms with Gasteiger partial charge >= 0.3 is 0 Å². The van der Waals surface area contributed by atoms with Crippen molar-refractivity contribution in [3.05, 3.63) is 77.9 Å². The van der Waals surface area contributed by atoms with Gasteiger partial charge in [-0.1, -0.05) is 36.4 Å². The fourth-order valence-corrected chi connectivity index (χ4v) is 6.24. The van der Waals surface area contributed by atoms with Crippen LogP contribution < -0.4 is 4.74 Å². The second-order valence-corrected chi connectivity index (χ2v) is 9.79. The topological polar surface area (TPSA) is 49.9 Å². The van der Waals surface area contributed by atoms with E-state index in [0.29, 0.717) is 24.4 Å². The molecular weight excluding hydrogens is 420 g/mol. The number of carbonyl (C=O) groups excluding carboxylic acids is 2. The number of nitrogens with zero attached hydrogens (tertiary/aromatic N) is 2. The van der Waals surface area contributed by atoms with Crippen LogP contribution in [0.2, 0.25) is 0 Å². The first kappa shape index (κ1) is 20.9. The molecule has 164 valence electrons. The van der Waals surface area contributed by atoms with Crippen LogP contribution in [-0.4, -0.2) is 59.0 Å². The number of hydrogen-bond acceptors (Lipinski definition) is 4. The molecule has 0 N–H and O–H groups in total. The minimum absolute atomic E-state index is 0.0446. The average Bonchev–Trinajstić information content (AvgIpc) is 3.26. The Bertz CT molecular complexity index is 1170. The van der Waals surface area contributed by atoms with E-state index < -0.39 is 0 Å². The molecule has 2 amide bonds. The quantitative estimate of drug-likeness (QED) is 0.587. The van der Waals surface area contributed by atoms with Crippen LogP contribution in [0.3, 0.4) is 0 Å². The van der Waals surface area contributed by atoms with Crippen molar-refractivity contribution in [2.75, 3.05) is 32.5 Å². The van der Waals surface area contributed by atoms with Gasteiger partial charge in [0.15, 0.2) is 0 Å². The van der Waals surface area contributed by atoms with Gasteiger partial charge in [0.25, 0.3) is 11.8 Å². The Kier molecular flexibility index (Phi) is 5.55. The molecule has 5 rings (SSSR count). The van der Waals surface area contributed by atoms with E-state index in [-0.39, 0.29) is 16.7 Å². The number of ether oxygens (including phenoxy) is 1. The molecule has 0 aromatic heterocycles. The number of likely N-dealkylation sites (tertiary alicyclic amines) is 1.